The number of fused-ring (bicyclic) bond motifs is 1. The molecule has 1 saturated carbocycles. The van der Waals surface area contributed by atoms with Crippen molar-refractivity contribution in [3.63, 3.8) is 0 Å². The zero-order chi connectivity index (χ0) is 26.3. The molecular formula is C31H32FN3O3. The van der Waals surface area contributed by atoms with Crippen molar-refractivity contribution in [1.82, 2.24) is 15.1 Å². The number of rotatable bonds is 5. The van der Waals surface area contributed by atoms with E-state index in [0.717, 1.165) is 31.4 Å². The van der Waals surface area contributed by atoms with Gasteiger partial charge in [-0.25, -0.2) is 4.39 Å². The van der Waals surface area contributed by atoms with Crippen LogP contribution in [0.25, 0.3) is 17.0 Å². The number of aromatic nitrogens is 2. The van der Waals surface area contributed by atoms with Crippen molar-refractivity contribution < 1.29 is 18.3 Å². The van der Waals surface area contributed by atoms with Crippen molar-refractivity contribution in [2.45, 2.75) is 50.9 Å². The number of benzene rings is 2. The Morgan fingerprint density at radius 1 is 1.11 bits per heavy atom. The molecule has 0 radical (unpaired) electrons. The standard InChI is InChI=1S/C31H32FN3O3/c1-30(2)35(19-21-8-5-4-6-9-21)31(20-37-30)15-14-22-10-7-11-23(16-25(22)18-31)28-33-34-29(38-28)24-12-13-27(36-3)26(32)17-24/h4-13,16-17,22H,14-15,18-20H2,1-3H3/t22?,31-/m0/s1. The molecule has 38 heavy (non-hydrogen) atoms. The Kier molecular flexibility index (Phi) is 6.28. The van der Waals surface area contributed by atoms with E-state index >= 15 is 0 Å². The summed E-state index contributed by atoms with van der Waals surface area (Å²) in [6.45, 7) is 5.89. The van der Waals surface area contributed by atoms with E-state index in [-0.39, 0.29) is 22.9 Å². The molecule has 1 aromatic heterocycles. The van der Waals surface area contributed by atoms with Crippen molar-refractivity contribution in [3.05, 3.63) is 95.7 Å². The second kappa shape index (κ2) is 9.64. The Hall–Kier alpha value is -3.55. The summed E-state index contributed by atoms with van der Waals surface area (Å²) in [4.78, 5) is 2.55. The summed E-state index contributed by atoms with van der Waals surface area (Å²) in [6, 6.07) is 15.2. The molecule has 1 unspecified atom stereocenters. The van der Waals surface area contributed by atoms with E-state index in [1.54, 1.807) is 12.1 Å². The van der Waals surface area contributed by atoms with Gasteiger partial charge in [0.2, 0.25) is 11.8 Å². The van der Waals surface area contributed by atoms with Gasteiger partial charge in [0.15, 0.2) is 11.6 Å². The SMILES string of the molecule is COc1ccc(-c2nnc(C3=CC=CC4CC[C@@]5(COC(C)(C)N5Cc5ccccc5)CC4=C3)o2)cc1F. The van der Waals surface area contributed by atoms with E-state index in [1.807, 2.05) is 6.08 Å². The first kappa shape index (κ1) is 24.8. The highest BCUT2D eigenvalue weighted by Crippen LogP contribution is 2.49. The number of hydrogen-bond donors (Lipinski definition) is 0. The van der Waals surface area contributed by atoms with Gasteiger partial charge in [-0.15, -0.1) is 10.2 Å². The highest BCUT2D eigenvalue weighted by Gasteiger charge is 2.53. The van der Waals surface area contributed by atoms with Gasteiger partial charge in [-0.1, -0.05) is 48.1 Å². The van der Waals surface area contributed by atoms with Gasteiger partial charge in [-0.05, 0) is 74.9 Å². The summed E-state index contributed by atoms with van der Waals surface area (Å²) >= 11 is 0. The molecule has 2 atom stereocenters. The first-order valence-electron chi connectivity index (χ1n) is 13.1. The second-order valence-electron chi connectivity index (χ2n) is 10.8. The Morgan fingerprint density at radius 3 is 2.71 bits per heavy atom. The van der Waals surface area contributed by atoms with Gasteiger partial charge < -0.3 is 13.9 Å². The molecule has 196 valence electrons. The second-order valence-corrected chi connectivity index (χ2v) is 10.8. The number of methoxy groups -OCH3 is 1. The Bertz CT molecular complexity index is 1430. The summed E-state index contributed by atoms with van der Waals surface area (Å²) in [5.41, 5.74) is 3.57. The first-order valence-corrected chi connectivity index (χ1v) is 13.1. The first-order chi connectivity index (χ1) is 18.4. The largest absolute Gasteiger partial charge is 0.494 e. The van der Waals surface area contributed by atoms with Crippen LogP contribution in [-0.4, -0.2) is 40.1 Å². The fourth-order valence-corrected chi connectivity index (χ4v) is 6.03. The summed E-state index contributed by atoms with van der Waals surface area (Å²) < 4.78 is 31.7. The third kappa shape index (κ3) is 4.50. The molecule has 2 heterocycles. The van der Waals surface area contributed by atoms with Crippen molar-refractivity contribution in [1.29, 1.82) is 0 Å². The average Bonchev–Trinajstić information content (AvgIpc) is 3.42. The number of hydrogen-bond acceptors (Lipinski definition) is 6. The predicted octanol–water partition coefficient (Wildman–Crippen LogP) is 6.57. The van der Waals surface area contributed by atoms with Gasteiger partial charge in [0, 0.05) is 17.7 Å². The number of halogens is 1. The van der Waals surface area contributed by atoms with Crippen molar-refractivity contribution in [2.75, 3.05) is 13.7 Å². The number of nitrogens with zero attached hydrogens (tertiary/aromatic N) is 3. The fraction of sp³-hybridized carbons (Fsp3) is 0.355. The monoisotopic (exact) mass is 513 g/mol. The third-order valence-corrected chi connectivity index (χ3v) is 8.06. The molecule has 1 aliphatic heterocycles. The van der Waals surface area contributed by atoms with E-state index in [1.165, 1.54) is 24.3 Å². The van der Waals surface area contributed by atoms with Crippen LogP contribution < -0.4 is 4.74 Å². The van der Waals surface area contributed by atoms with Crippen LogP contribution >= 0.6 is 0 Å². The zero-order valence-corrected chi connectivity index (χ0v) is 22.0. The minimum atomic E-state index is -0.472. The Balaban J connectivity index is 1.28. The van der Waals surface area contributed by atoms with Gasteiger partial charge in [-0.3, -0.25) is 4.90 Å². The molecule has 0 bridgehead atoms. The molecule has 0 N–H and O–H groups in total. The summed E-state index contributed by atoms with van der Waals surface area (Å²) in [5, 5.41) is 8.49. The molecular weight excluding hydrogens is 481 g/mol. The van der Waals surface area contributed by atoms with Crippen LogP contribution in [0.4, 0.5) is 4.39 Å². The van der Waals surface area contributed by atoms with Gasteiger partial charge in [0.1, 0.15) is 5.72 Å². The van der Waals surface area contributed by atoms with Gasteiger partial charge in [0.25, 0.3) is 0 Å². The molecule has 2 aliphatic carbocycles. The third-order valence-electron chi connectivity index (χ3n) is 8.06. The number of allylic oxidation sites excluding steroid dienone is 5. The van der Waals surface area contributed by atoms with Crippen molar-refractivity contribution >= 4 is 5.57 Å². The maximum Gasteiger partial charge on any atom is 0.248 e. The van der Waals surface area contributed by atoms with E-state index in [9.17, 15) is 4.39 Å². The van der Waals surface area contributed by atoms with Crippen molar-refractivity contribution in [2.24, 2.45) is 5.92 Å². The lowest BCUT2D eigenvalue weighted by molar-refractivity contribution is -0.0683. The van der Waals surface area contributed by atoms with E-state index in [2.05, 4.69) is 77.5 Å². The average molecular weight is 514 g/mol. The lowest BCUT2D eigenvalue weighted by atomic mass is 9.72. The maximum atomic E-state index is 14.2. The van der Waals surface area contributed by atoms with Gasteiger partial charge in [0.05, 0.1) is 19.3 Å². The molecule has 3 aliphatic rings. The summed E-state index contributed by atoms with van der Waals surface area (Å²) in [7, 11) is 1.44. The number of ether oxygens (including phenoxy) is 2. The van der Waals surface area contributed by atoms with Crippen LogP contribution in [0.15, 0.2) is 82.8 Å². The molecule has 3 aromatic rings. The molecule has 2 aromatic carbocycles. The molecule has 0 amide bonds. The van der Waals surface area contributed by atoms with Crippen LogP contribution in [0, 0.1) is 11.7 Å². The van der Waals surface area contributed by atoms with E-state index in [0.29, 0.717) is 24.0 Å². The fourth-order valence-electron chi connectivity index (χ4n) is 6.03. The van der Waals surface area contributed by atoms with Crippen LogP contribution in [0.2, 0.25) is 0 Å². The smallest absolute Gasteiger partial charge is 0.248 e. The minimum absolute atomic E-state index is 0.0778. The Labute approximate surface area is 222 Å². The topological polar surface area (TPSA) is 60.6 Å². The Morgan fingerprint density at radius 2 is 1.92 bits per heavy atom. The van der Waals surface area contributed by atoms with Gasteiger partial charge >= 0.3 is 0 Å². The van der Waals surface area contributed by atoms with E-state index < -0.39 is 5.82 Å². The van der Waals surface area contributed by atoms with Crippen LogP contribution in [0.1, 0.15) is 44.6 Å². The lowest BCUT2D eigenvalue weighted by Gasteiger charge is -2.46. The van der Waals surface area contributed by atoms with Crippen LogP contribution in [0.5, 0.6) is 5.75 Å². The summed E-state index contributed by atoms with van der Waals surface area (Å²) in [6.07, 6.45) is 11.6. The minimum Gasteiger partial charge on any atom is -0.494 e. The molecule has 6 rings (SSSR count). The highest BCUT2D eigenvalue weighted by molar-refractivity contribution is 5.72. The molecule has 1 saturated heterocycles. The van der Waals surface area contributed by atoms with Crippen LogP contribution in [0.3, 0.4) is 0 Å². The highest BCUT2D eigenvalue weighted by atomic mass is 19.1. The predicted molar refractivity (Wildman–Crippen MR) is 144 cm³/mol. The normalized spacial score (nSPS) is 24.6. The van der Waals surface area contributed by atoms with E-state index in [4.69, 9.17) is 13.9 Å². The molecule has 7 heteroatoms. The summed E-state index contributed by atoms with van der Waals surface area (Å²) in [5.74, 6) is 0.742. The maximum absolute atomic E-state index is 14.2. The van der Waals surface area contributed by atoms with Crippen molar-refractivity contribution in [3.8, 4) is 17.2 Å². The molecule has 1 spiro atoms. The van der Waals surface area contributed by atoms with Crippen LogP contribution in [-0.2, 0) is 11.3 Å². The molecule has 2 fully saturated rings. The lowest BCUT2D eigenvalue weighted by Crippen LogP contribution is -2.54. The zero-order valence-electron chi connectivity index (χ0n) is 22.0. The quantitative estimate of drug-likeness (QED) is 0.385. The van der Waals surface area contributed by atoms with Gasteiger partial charge in [-0.2, -0.15) is 0 Å². The molecule has 6 nitrogen and oxygen atoms in total.